The van der Waals surface area contributed by atoms with Crippen molar-refractivity contribution in [3.05, 3.63) is 42.2 Å². The molecule has 0 bridgehead atoms. The Kier molecular flexibility index (Phi) is 5.09. The molecule has 2 aromatic heterocycles. The summed E-state index contributed by atoms with van der Waals surface area (Å²) in [5.74, 6) is 1.71. The summed E-state index contributed by atoms with van der Waals surface area (Å²) in [6.07, 6.45) is 3.22. The van der Waals surface area contributed by atoms with Gasteiger partial charge in [-0.1, -0.05) is 0 Å². The smallest absolute Gasteiger partial charge is 0.129 e. The summed E-state index contributed by atoms with van der Waals surface area (Å²) in [5.41, 5.74) is 0.851. The summed E-state index contributed by atoms with van der Waals surface area (Å²) in [6.45, 7) is 1.18. The topological polar surface area (TPSA) is 63.4 Å². The molecule has 2 rings (SSSR count). The van der Waals surface area contributed by atoms with Crippen molar-refractivity contribution in [2.75, 3.05) is 33.1 Å². The van der Waals surface area contributed by atoms with Gasteiger partial charge in [-0.2, -0.15) is 0 Å². The first kappa shape index (κ1) is 14.5. The second-order valence-electron chi connectivity index (χ2n) is 4.70. The van der Waals surface area contributed by atoms with Crippen LogP contribution in [0.5, 0.6) is 0 Å². The van der Waals surface area contributed by atoms with E-state index in [1.54, 1.807) is 13.4 Å². The van der Waals surface area contributed by atoms with Crippen LogP contribution in [0.1, 0.15) is 17.5 Å². The van der Waals surface area contributed by atoms with Crippen LogP contribution in [-0.4, -0.2) is 42.6 Å². The van der Waals surface area contributed by atoms with Crippen molar-refractivity contribution in [2.24, 2.45) is 0 Å². The third-order valence-corrected chi connectivity index (χ3v) is 2.99. The number of nitrogens with one attached hydrogen (secondary N) is 1. The molecule has 1 atom stereocenters. The molecule has 0 saturated carbocycles. The molecule has 0 aromatic carbocycles. The summed E-state index contributed by atoms with van der Waals surface area (Å²) >= 11 is 0. The van der Waals surface area contributed by atoms with Crippen molar-refractivity contribution in [3.8, 4) is 0 Å². The Morgan fingerprint density at radius 3 is 2.90 bits per heavy atom. The van der Waals surface area contributed by atoms with Crippen LogP contribution >= 0.6 is 0 Å². The second kappa shape index (κ2) is 7.02. The molecule has 108 valence electrons. The molecule has 2 heterocycles. The maximum Gasteiger partial charge on any atom is 0.129 e. The van der Waals surface area contributed by atoms with E-state index in [0.717, 1.165) is 17.3 Å². The number of likely N-dealkylation sites (N-methyl/N-ethyl adjacent to an activating group) is 1. The zero-order valence-corrected chi connectivity index (χ0v) is 12.0. The van der Waals surface area contributed by atoms with E-state index in [1.807, 2.05) is 32.3 Å². The molecule has 1 N–H and O–H groups in total. The van der Waals surface area contributed by atoms with Gasteiger partial charge in [-0.25, -0.2) is 9.97 Å². The lowest BCUT2D eigenvalue weighted by molar-refractivity contribution is 0.181. The summed E-state index contributed by atoms with van der Waals surface area (Å²) in [7, 11) is 5.69. The van der Waals surface area contributed by atoms with Crippen LogP contribution in [0, 0.1) is 0 Å². The molecule has 0 fully saturated rings. The van der Waals surface area contributed by atoms with Gasteiger partial charge in [0.05, 0.1) is 24.6 Å². The lowest BCUT2D eigenvalue weighted by Gasteiger charge is -2.22. The molecule has 0 aliphatic carbocycles. The van der Waals surface area contributed by atoms with E-state index in [9.17, 15) is 0 Å². The van der Waals surface area contributed by atoms with Crippen LogP contribution < -0.4 is 5.32 Å². The molecule has 6 heteroatoms. The highest BCUT2D eigenvalue weighted by atomic mass is 16.5. The summed E-state index contributed by atoms with van der Waals surface area (Å²) < 4.78 is 10.5. The van der Waals surface area contributed by atoms with Crippen molar-refractivity contribution in [3.63, 3.8) is 0 Å². The Labute approximate surface area is 118 Å². The third-order valence-electron chi connectivity index (χ3n) is 2.99. The van der Waals surface area contributed by atoms with Gasteiger partial charge in [-0.15, -0.1) is 0 Å². The van der Waals surface area contributed by atoms with Gasteiger partial charge in [-0.05, 0) is 26.2 Å². The molecule has 0 spiro atoms. The van der Waals surface area contributed by atoms with Gasteiger partial charge in [0.2, 0.25) is 0 Å². The van der Waals surface area contributed by atoms with Gasteiger partial charge < -0.3 is 14.5 Å². The van der Waals surface area contributed by atoms with E-state index in [-0.39, 0.29) is 6.04 Å². The van der Waals surface area contributed by atoms with E-state index in [4.69, 9.17) is 9.15 Å². The number of hydrogen-bond acceptors (Lipinski definition) is 6. The first-order chi connectivity index (χ1) is 9.70. The first-order valence-electron chi connectivity index (χ1n) is 6.44. The molecule has 0 amide bonds. The fraction of sp³-hybridized carbons (Fsp3) is 0.429. The van der Waals surface area contributed by atoms with Crippen LogP contribution in [0.2, 0.25) is 0 Å². The quantitative estimate of drug-likeness (QED) is 0.833. The molecular formula is C14H20N4O2. The maximum absolute atomic E-state index is 5.47. The monoisotopic (exact) mass is 276 g/mol. The molecule has 2 aromatic rings. The average Bonchev–Trinajstić information content (AvgIpc) is 2.93. The predicted molar refractivity (Wildman–Crippen MR) is 76.4 cm³/mol. The molecule has 0 unspecified atom stereocenters. The van der Waals surface area contributed by atoms with Crippen LogP contribution in [0.4, 0.5) is 5.82 Å². The number of furan rings is 1. The van der Waals surface area contributed by atoms with E-state index in [0.29, 0.717) is 13.2 Å². The lowest BCUT2D eigenvalue weighted by atomic mass is 10.2. The number of aromatic nitrogens is 2. The molecule has 20 heavy (non-hydrogen) atoms. The fourth-order valence-corrected chi connectivity index (χ4v) is 1.94. The van der Waals surface area contributed by atoms with Crippen molar-refractivity contribution >= 4 is 5.82 Å². The van der Waals surface area contributed by atoms with E-state index in [2.05, 4.69) is 20.2 Å². The van der Waals surface area contributed by atoms with Crippen LogP contribution in [0.3, 0.4) is 0 Å². The maximum atomic E-state index is 5.47. The number of methoxy groups -OCH3 is 1. The number of rotatable bonds is 7. The lowest BCUT2D eigenvalue weighted by Crippen LogP contribution is -2.26. The Morgan fingerprint density at radius 1 is 1.40 bits per heavy atom. The molecular weight excluding hydrogens is 256 g/mol. The summed E-state index contributed by atoms with van der Waals surface area (Å²) in [5, 5.41) is 3.30. The normalized spacial score (nSPS) is 12.6. The highest BCUT2D eigenvalue weighted by Gasteiger charge is 2.16. The molecule has 6 nitrogen and oxygen atoms in total. The Morgan fingerprint density at radius 2 is 2.25 bits per heavy atom. The number of hydrogen-bond donors (Lipinski definition) is 1. The highest BCUT2D eigenvalue weighted by Crippen LogP contribution is 2.19. The summed E-state index contributed by atoms with van der Waals surface area (Å²) in [4.78, 5) is 10.4. The SMILES string of the molecule is COCc1cc(NC[C@H](c2ccco2)N(C)C)ncn1. The Hall–Kier alpha value is -1.92. The second-order valence-corrected chi connectivity index (χ2v) is 4.70. The number of anilines is 1. The predicted octanol–water partition coefficient (Wildman–Crippen LogP) is 1.93. The van der Waals surface area contributed by atoms with Gasteiger partial charge in [0.15, 0.2) is 0 Å². The van der Waals surface area contributed by atoms with Crippen LogP contribution in [0.25, 0.3) is 0 Å². The van der Waals surface area contributed by atoms with Gasteiger partial charge >= 0.3 is 0 Å². The van der Waals surface area contributed by atoms with Crippen molar-refractivity contribution < 1.29 is 9.15 Å². The number of ether oxygens (including phenoxy) is 1. The number of nitrogens with zero attached hydrogens (tertiary/aromatic N) is 3. The first-order valence-corrected chi connectivity index (χ1v) is 6.44. The van der Waals surface area contributed by atoms with Crippen molar-refractivity contribution in [1.82, 2.24) is 14.9 Å². The highest BCUT2D eigenvalue weighted by molar-refractivity contribution is 5.35. The Balaban J connectivity index is 2.01. The molecule has 0 saturated heterocycles. The van der Waals surface area contributed by atoms with Gasteiger partial charge in [-0.3, -0.25) is 4.90 Å². The van der Waals surface area contributed by atoms with Crippen LogP contribution in [-0.2, 0) is 11.3 Å². The minimum atomic E-state index is 0.144. The van der Waals surface area contributed by atoms with Crippen molar-refractivity contribution in [1.29, 1.82) is 0 Å². The largest absolute Gasteiger partial charge is 0.468 e. The van der Waals surface area contributed by atoms with Crippen molar-refractivity contribution in [2.45, 2.75) is 12.6 Å². The standard InChI is InChI=1S/C14H20N4O2/c1-18(2)12(13-5-4-6-20-13)8-15-14-7-11(9-19-3)16-10-17-14/h4-7,10,12H,8-9H2,1-3H3,(H,15,16,17)/t12-/m1/s1. The molecule has 0 radical (unpaired) electrons. The zero-order chi connectivity index (χ0) is 14.4. The third kappa shape index (κ3) is 3.79. The van der Waals surface area contributed by atoms with Gasteiger partial charge in [0.1, 0.15) is 17.9 Å². The molecule has 0 aliphatic heterocycles. The summed E-state index contributed by atoms with van der Waals surface area (Å²) in [6, 6.07) is 5.90. The minimum Gasteiger partial charge on any atom is -0.468 e. The zero-order valence-electron chi connectivity index (χ0n) is 12.0. The average molecular weight is 276 g/mol. The molecule has 0 aliphatic rings. The van der Waals surface area contributed by atoms with E-state index < -0.39 is 0 Å². The van der Waals surface area contributed by atoms with E-state index in [1.165, 1.54) is 6.33 Å². The van der Waals surface area contributed by atoms with Crippen LogP contribution in [0.15, 0.2) is 35.2 Å². The van der Waals surface area contributed by atoms with Gasteiger partial charge in [0.25, 0.3) is 0 Å². The fourth-order valence-electron chi connectivity index (χ4n) is 1.94. The minimum absolute atomic E-state index is 0.144. The van der Waals surface area contributed by atoms with Gasteiger partial charge in [0, 0.05) is 19.7 Å². The van der Waals surface area contributed by atoms with E-state index >= 15 is 0 Å². The Bertz CT molecular complexity index is 514.